The second-order valence-electron chi connectivity index (χ2n) is 5.25. The number of nitrogens with one attached hydrogen (secondary N) is 1. The number of hydrogen-bond acceptors (Lipinski definition) is 3. The minimum absolute atomic E-state index is 0.0638. The average Bonchev–Trinajstić information content (AvgIpc) is 2.32. The SMILES string of the molecule is CN1CCNC(C(c2ccccc2F)N(C)C)C1. The number of piperazine rings is 1. The monoisotopic (exact) mass is 251 g/mol. The maximum absolute atomic E-state index is 14.0. The van der Waals surface area contributed by atoms with Crippen LogP contribution < -0.4 is 5.32 Å². The van der Waals surface area contributed by atoms with Crippen molar-refractivity contribution >= 4 is 0 Å². The van der Waals surface area contributed by atoms with Crippen molar-refractivity contribution in [2.75, 3.05) is 40.8 Å². The Hall–Kier alpha value is -0.970. The zero-order valence-electron chi connectivity index (χ0n) is 11.4. The highest BCUT2D eigenvalue weighted by Crippen LogP contribution is 2.26. The summed E-state index contributed by atoms with van der Waals surface area (Å²) in [4.78, 5) is 4.38. The molecule has 2 rings (SSSR count). The Morgan fingerprint density at radius 1 is 1.39 bits per heavy atom. The highest BCUT2D eigenvalue weighted by atomic mass is 19.1. The van der Waals surface area contributed by atoms with E-state index in [1.807, 2.05) is 26.2 Å². The van der Waals surface area contributed by atoms with Crippen LogP contribution in [0.5, 0.6) is 0 Å². The second kappa shape index (κ2) is 5.78. The van der Waals surface area contributed by atoms with Crippen LogP contribution in [0.1, 0.15) is 11.6 Å². The summed E-state index contributed by atoms with van der Waals surface area (Å²) in [5, 5.41) is 3.51. The maximum Gasteiger partial charge on any atom is 0.128 e. The summed E-state index contributed by atoms with van der Waals surface area (Å²) in [6.07, 6.45) is 0. The summed E-state index contributed by atoms with van der Waals surface area (Å²) >= 11 is 0. The minimum atomic E-state index is -0.119. The lowest BCUT2D eigenvalue weighted by atomic mass is 9.96. The first kappa shape index (κ1) is 13.5. The number of halogens is 1. The third kappa shape index (κ3) is 2.88. The van der Waals surface area contributed by atoms with Gasteiger partial charge in [-0.25, -0.2) is 4.39 Å². The molecule has 2 unspecified atom stereocenters. The molecular formula is C14H22FN3. The third-order valence-electron chi connectivity index (χ3n) is 3.57. The van der Waals surface area contributed by atoms with E-state index in [0.29, 0.717) is 0 Å². The number of hydrogen-bond donors (Lipinski definition) is 1. The molecule has 18 heavy (non-hydrogen) atoms. The van der Waals surface area contributed by atoms with E-state index in [2.05, 4.69) is 22.2 Å². The first-order valence-corrected chi connectivity index (χ1v) is 6.42. The molecule has 0 aliphatic carbocycles. The van der Waals surface area contributed by atoms with Gasteiger partial charge in [0.05, 0.1) is 6.04 Å². The van der Waals surface area contributed by atoms with Crippen LogP contribution in [0.4, 0.5) is 4.39 Å². The molecule has 1 saturated heterocycles. The van der Waals surface area contributed by atoms with Crippen LogP contribution >= 0.6 is 0 Å². The van der Waals surface area contributed by atoms with Gasteiger partial charge >= 0.3 is 0 Å². The van der Waals surface area contributed by atoms with Gasteiger partial charge in [0.15, 0.2) is 0 Å². The Morgan fingerprint density at radius 2 is 2.11 bits per heavy atom. The van der Waals surface area contributed by atoms with Gasteiger partial charge in [0.1, 0.15) is 5.82 Å². The molecule has 0 amide bonds. The molecule has 1 aromatic rings. The van der Waals surface area contributed by atoms with Gasteiger partial charge in [-0.05, 0) is 27.2 Å². The lowest BCUT2D eigenvalue weighted by Crippen LogP contribution is -2.54. The second-order valence-corrected chi connectivity index (χ2v) is 5.25. The molecule has 100 valence electrons. The molecule has 4 heteroatoms. The van der Waals surface area contributed by atoms with Crippen LogP contribution in [0.2, 0.25) is 0 Å². The standard InChI is InChI=1S/C14H22FN3/c1-17(2)14(11-6-4-5-7-12(11)15)13-10-18(3)9-8-16-13/h4-7,13-14,16H,8-10H2,1-3H3. The smallest absolute Gasteiger partial charge is 0.128 e. The normalized spacial score (nSPS) is 23.3. The van der Waals surface area contributed by atoms with E-state index in [0.717, 1.165) is 25.2 Å². The predicted octanol–water partition coefficient (Wildman–Crippen LogP) is 1.33. The number of rotatable bonds is 3. The molecule has 0 bridgehead atoms. The lowest BCUT2D eigenvalue weighted by Gasteiger charge is -2.39. The van der Waals surface area contributed by atoms with Gasteiger partial charge in [-0.15, -0.1) is 0 Å². The molecule has 0 aromatic heterocycles. The van der Waals surface area contributed by atoms with Crippen LogP contribution in [-0.2, 0) is 0 Å². The fourth-order valence-electron chi connectivity index (χ4n) is 2.71. The van der Waals surface area contributed by atoms with E-state index in [1.165, 1.54) is 0 Å². The molecule has 1 N–H and O–H groups in total. The summed E-state index contributed by atoms with van der Waals surface area (Å²) < 4.78 is 14.0. The third-order valence-corrected chi connectivity index (χ3v) is 3.57. The summed E-state index contributed by atoms with van der Waals surface area (Å²) in [5.41, 5.74) is 0.773. The van der Waals surface area contributed by atoms with Crippen molar-refractivity contribution in [3.05, 3.63) is 35.6 Å². The zero-order chi connectivity index (χ0) is 13.1. The number of nitrogens with zero attached hydrogens (tertiary/aromatic N) is 2. The van der Waals surface area contributed by atoms with Crippen molar-refractivity contribution in [2.45, 2.75) is 12.1 Å². The van der Waals surface area contributed by atoms with E-state index in [4.69, 9.17) is 0 Å². The number of likely N-dealkylation sites (N-methyl/N-ethyl adjacent to an activating group) is 2. The van der Waals surface area contributed by atoms with Crippen molar-refractivity contribution in [3.63, 3.8) is 0 Å². The van der Waals surface area contributed by atoms with Crippen LogP contribution in [0.3, 0.4) is 0 Å². The molecule has 1 aliphatic heterocycles. The fourth-order valence-corrected chi connectivity index (χ4v) is 2.71. The maximum atomic E-state index is 14.0. The zero-order valence-corrected chi connectivity index (χ0v) is 11.4. The lowest BCUT2D eigenvalue weighted by molar-refractivity contribution is 0.152. The number of benzene rings is 1. The van der Waals surface area contributed by atoms with Crippen LogP contribution in [0.25, 0.3) is 0 Å². The summed E-state index contributed by atoms with van der Waals surface area (Å²) in [7, 11) is 6.13. The predicted molar refractivity (Wildman–Crippen MR) is 72.1 cm³/mol. The van der Waals surface area contributed by atoms with Crippen molar-refractivity contribution < 1.29 is 4.39 Å². The quantitative estimate of drug-likeness (QED) is 0.874. The van der Waals surface area contributed by atoms with Crippen molar-refractivity contribution in [1.82, 2.24) is 15.1 Å². The summed E-state index contributed by atoms with van der Waals surface area (Å²) in [6.45, 7) is 2.95. The molecule has 0 saturated carbocycles. The molecule has 2 atom stereocenters. The van der Waals surface area contributed by atoms with E-state index in [-0.39, 0.29) is 17.9 Å². The molecule has 0 radical (unpaired) electrons. The van der Waals surface area contributed by atoms with Gasteiger partial charge in [-0.1, -0.05) is 18.2 Å². The topological polar surface area (TPSA) is 18.5 Å². The Labute approximate surface area is 109 Å². The van der Waals surface area contributed by atoms with E-state index >= 15 is 0 Å². The molecule has 1 aromatic carbocycles. The Balaban J connectivity index is 2.26. The highest BCUT2D eigenvalue weighted by molar-refractivity contribution is 5.23. The van der Waals surface area contributed by atoms with Gasteiger partial charge in [-0.2, -0.15) is 0 Å². The average molecular weight is 251 g/mol. The first-order valence-electron chi connectivity index (χ1n) is 6.42. The van der Waals surface area contributed by atoms with Crippen molar-refractivity contribution in [1.29, 1.82) is 0 Å². The van der Waals surface area contributed by atoms with E-state index < -0.39 is 0 Å². The van der Waals surface area contributed by atoms with Crippen LogP contribution in [-0.4, -0.2) is 56.6 Å². The molecule has 1 fully saturated rings. The van der Waals surface area contributed by atoms with Gasteiger partial charge in [0.25, 0.3) is 0 Å². The largest absolute Gasteiger partial charge is 0.310 e. The molecule has 1 heterocycles. The Kier molecular flexibility index (Phi) is 4.32. The van der Waals surface area contributed by atoms with Crippen LogP contribution in [0, 0.1) is 5.82 Å². The molecule has 3 nitrogen and oxygen atoms in total. The van der Waals surface area contributed by atoms with Gasteiger partial charge in [-0.3, -0.25) is 0 Å². The molecule has 1 aliphatic rings. The van der Waals surface area contributed by atoms with Crippen LogP contribution in [0.15, 0.2) is 24.3 Å². The Bertz CT molecular complexity index is 394. The van der Waals surface area contributed by atoms with E-state index in [9.17, 15) is 4.39 Å². The highest BCUT2D eigenvalue weighted by Gasteiger charge is 2.29. The van der Waals surface area contributed by atoms with Gasteiger partial charge in [0, 0.05) is 31.2 Å². The van der Waals surface area contributed by atoms with E-state index in [1.54, 1.807) is 12.1 Å². The van der Waals surface area contributed by atoms with Crippen molar-refractivity contribution in [2.24, 2.45) is 0 Å². The fraction of sp³-hybridized carbons (Fsp3) is 0.571. The Morgan fingerprint density at radius 3 is 2.72 bits per heavy atom. The summed E-state index contributed by atoms with van der Waals surface area (Å²) in [5.74, 6) is -0.119. The minimum Gasteiger partial charge on any atom is -0.310 e. The summed E-state index contributed by atoms with van der Waals surface area (Å²) in [6, 6.07) is 7.40. The first-order chi connectivity index (χ1) is 8.59. The van der Waals surface area contributed by atoms with Crippen molar-refractivity contribution in [3.8, 4) is 0 Å². The van der Waals surface area contributed by atoms with Gasteiger partial charge < -0.3 is 15.1 Å². The molecular weight excluding hydrogens is 229 g/mol. The molecule has 0 spiro atoms. The van der Waals surface area contributed by atoms with Gasteiger partial charge in [0.2, 0.25) is 0 Å².